The summed E-state index contributed by atoms with van der Waals surface area (Å²) in [5.74, 6) is 1.54. The van der Waals surface area contributed by atoms with Crippen molar-refractivity contribution < 1.29 is 4.79 Å². The van der Waals surface area contributed by atoms with E-state index in [1.165, 1.54) is 6.42 Å². The van der Waals surface area contributed by atoms with Gasteiger partial charge in [-0.05, 0) is 49.4 Å². The first-order valence-electron chi connectivity index (χ1n) is 8.43. The number of halogens is 1. The topological polar surface area (TPSA) is 44.4 Å². The van der Waals surface area contributed by atoms with Crippen molar-refractivity contribution in [1.29, 1.82) is 0 Å². The van der Waals surface area contributed by atoms with E-state index in [1.807, 2.05) is 24.3 Å². The van der Waals surface area contributed by atoms with Gasteiger partial charge < -0.3 is 15.5 Å². The maximum atomic E-state index is 12.1. The largest absolute Gasteiger partial charge is 0.376 e. The molecule has 0 spiro atoms. The molecule has 1 fully saturated rings. The van der Waals surface area contributed by atoms with Crippen LogP contribution in [-0.2, 0) is 4.79 Å². The summed E-state index contributed by atoms with van der Waals surface area (Å²) in [5.41, 5.74) is 0.953. The average molecular weight is 382 g/mol. The van der Waals surface area contributed by atoms with Crippen molar-refractivity contribution in [3.05, 3.63) is 28.7 Å². The van der Waals surface area contributed by atoms with Crippen molar-refractivity contribution in [1.82, 2.24) is 10.2 Å². The molecule has 128 valence electrons. The SMILES string of the molecule is CC1CC(C)CN(CC(C)NC(=O)CNc2ccc(Br)cc2)C1. The predicted octanol–water partition coefficient (Wildman–Crippen LogP) is 3.34. The molecule has 0 saturated carbocycles. The Morgan fingerprint density at radius 1 is 1.26 bits per heavy atom. The van der Waals surface area contributed by atoms with Gasteiger partial charge in [-0.3, -0.25) is 4.79 Å². The summed E-state index contributed by atoms with van der Waals surface area (Å²) in [6, 6.07) is 8.00. The first kappa shape index (κ1) is 18.3. The van der Waals surface area contributed by atoms with Crippen LogP contribution in [0.5, 0.6) is 0 Å². The maximum Gasteiger partial charge on any atom is 0.239 e. The average Bonchev–Trinajstić information content (AvgIpc) is 2.45. The lowest BCUT2D eigenvalue weighted by Gasteiger charge is -2.36. The fourth-order valence-corrected chi connectivity index (χ4v) is 3.71. The van der Waals surface area contributed by atoms with Crippen LogP contribution in [0.15, 0.2) is 28.7 Å². The lowest BCUT2D eigenvalue weighted by atomic mass is 9.92. The van der Waals surface area contributed by atoms with Gasteiger partial charge in [0.2, 0.25) is 5.91 Å². The van der Waals surface area contributed by atoms with Crippen molar-refractivity contribution in [3.63, 3.8) is 0 Å². The smallest absolute Gasteiger partial charge is 0.239 e. The van der Waals surface area contributed by atoms with Gasteiger partial charge in [-0.25, -0.2) is 0 Å². The number of hydrogen-bond donors (Lipinski definition) is 2. The summed E-state index contributed by atoms with van der Waals surface area (Å²) in [5, 5.41) is 6.23. The Morgan fingerprint density at radius 2 is 1.87 bits per heavy atom. The second-order valence-electron chi connectivity index (χ2n) is 6.99. The van der Waals surface area contributed by atoms with Gasteiger partial charge in [0, 0.05) is 35.8 Å². The van der Waals surface area contributed by atoms with Crippen LogP contribution in [0.25, 0.3) is 0 Å². The molecule has 2 N–H and O–H groups in total. The Kier molecular flexibility index (Phi) is 6.90. The minimum Gasteiger partial charge on any atom is -0.376 e. The second-order valence-corrected chi connectivity index (χ2v) is 7.91. The Labute approximate surface area is 148 Å². The van der Waals surface area contributed by atoms with E-state index in [-0.39, 0.29) is 11.9 Å². The van der Waals surface area contributed by atoms with E-state index in [4.69, 9.17) is 0 Å². The van der Waals surface area contributed by atoms with Gasteiger partial charge in [-0.15, -0.1) is 0 Å². The van der Waals surface area contributed by atoms with E-state index >= 15 is 0 Å². The van der Waals surface area contributed by atoms with E-state index in [1.54, 1.807) is 0 Å². The van der Waals surface area contributed by atoms with Gasteiger partial charge in [0.15, 0.2) is 0 Å². The van der Waals surface area contributed by atoms with Gasteiger partial charge in [0.25, 0.3) is 0 Å². The Bertz CT molecular complexity index is 495. The highest BCUT2D eigenvalue weighted by Crippen LogP contribution is 2.20. The number of benzene rings is 1. The lowest BCUT2D eigenvalue weighted by molar-refractivity contribution is -0.120. The Hall–Kier alpha value is -1.07. The van der Waals surface area contributed by atoms with Crippen LogP contribution in [0.3, 0.4) is 0 Å². The molecule has 0 bridgehead atoms. The summed E-state index contributed by atoms with van der Waals surface area (Å²) in [7, 11) is 0. The van der Waals surface area contributed by atoms with Crippen molar-refractivity contribution >= 4 is 27.5 Å². The highest BCUT2D eigenvalue weighted by Gasteiger charge is 2.23. The summed E-state index contributed by atoms with van der Waals surface area (Å²) < 4.78 is 1.03. The van der Waals surface area contributed by atoms with Crippen LogP contribution in [0, 0.1) is 11.8 Å². The highest BCUT2D eigenvalue weighted by molar-refractivity contribution is 9.10. The summed E-state index contributed by atoms with van der Waals surface area (Å²) in [4.78, 5) is 14.5. The monoisotopic (exact) mass is 381 g/mol. The minimum absolute atomic E-state index is 0.0403. The maximum absolute atomic E-state index is 12.1. The summed E-state index contributed by atoms with van der Waals surface area (Å²) >= 11 is 3.40. The predicted molar refractivity (Wildman–Crippen MR) is 99.6 cm³/mol. The number of nitrogens with zero attached hydrogens (tertiary/aromatic N) is 1. The third-order valence-corrected chi connectivity index (χ3v) is 4.71. The summed E-state index contributed by atoms with van der Waals surface area (Å²) in [6.07, 6.45) is 1.31. The molecule has 3 atom stereocenters. The summed E-state index contributed by atoms with van der Waals surface area (Å²) in [6.45, 7) is 10.2. The number of rotatable bonds is 6. The molecule has 1 aromatic rings. The molecule has 4 nitrogen and oxygen atoms in total. The molecule has 1 amide bonds. The number of anilines is 1. The quantitative estimate of drug-likeness (QED) is 0.793. The first-order valence-corrected chi connectivity index (χ1v) is 9.23. The third-order valence-electron chi connectivity index (χ3n) is 4.18. The van der Waals surface area contributed by atoms with Crippen molar-refractivity contribution in [2.24, 2.45) is 11.8 Å². The molecule has 0 aromatic heterocycles. The molecule has 1 aliphatic heterocycles. The molecule has 5 heteroatoms. The zero-order valence-corrected chi connectivity index (χ0v) is 15.9. The zero-order valence-electron chi connectivity index (χ0n) is 14.3. The molecule has 2 rings (SSSR count). The molecule has 0 aliphatic carbocycles. The number of amides is 1. The number of carbonyl (C=O) groups is 1. The van der Waals surface area contributed by atoms with Gasteiger partial charge >= 0.3 is 0 Å². The molecule has 23 heavy (non-hydrogen) atoms. The molecular formula is C18H28BrN3O. The van der Waals surface area contributed by atoms with E-state index < -0.39 is 0 Å². The highest BCUT2D eigenvalue weighted by atomic mass is 79.9. The van der Waals surface area contributed by atoms with Gasteiger partial charge in [0.05, 0.1) is 6.54 Å². The Morgan fingerprint density at radius 3 is 2.48 bits per heavy atom. The van der Waals surface area contributed by atoms with Gasteiger partial charge in [-0.1, -0.05) is 29.8 Å². The van der Waals surface area contributed by atoms with Crippen molar-refractivity contribution in [2.45, 2.75) is 33.2 Å². The molecule has 1 heterocycles. The van der Waals surface area contributed by atoms with Crippen molar-refractivity contribution in [3.8, 4) is 0 Å². The first-order chi connectivity index (χ1) is 10.9. The molecular weight excluding hydrogens is 354 g/mol. The van der Waals surface area contributed by atoms with E-state index in [0.717, 1.165) is 41.6 Å². The van der Waals surface area contributed by atoms with E-state index in [2.05, 4.69) is 52.2 Å². The lowest BCUT2D eigenvalue weighted by Crippen LogP contribution is -2.47. The number of carbonyl (C=O) groups excluding carboxylic acids is 1. The number of nitrogens with one attached hydrogen (secondary N) is 2. The third kappa shape index (κ3) is 6.51. The van der Waals surface area contributed by atoms with Crippen LogP contribution in [0.2, 0.25) is 0 Å². The van der Waals surface area contributed by atoms with Crippen LogP contribution in [0.4, 0.5) is 5.69 Å². The standard InChI is InChI=1S/C18H28BrN3O/c1-13-8-14(2)11-22(10-13)12-15(3)21-18(23)9-20-17-6-4-16(19)5-7-17/h4-7,13-15,20H,8-12H2,1-3H3,(H,21,23). The fourth-order valence-electron chi connectivity index (χ4n) is 3.45. The van der Waals surface area contributed by atoms with Crippen LogP contribution in [0.1, 0.15) is 27.2 Å². The normalized spacial score (nSPS) is 23.3. The molecule has 0 radical (unpaired) electrons. The number of piperidine rings is 1. The van der Waals surface area contributed by atoms with E-state index in [9.17, 15) is 4.79 Å². The second kappa shape index (κ2) is 8.69. The minimum atomic E-state index is 0.0403. The van der Waals surface area contributed by atoms with E-state index in [0.29, 0.717) is 6.54 Å². The van der Waals surface area contributed by atoms with Crippen LogP contribution in [-0.4, -0.2) is 43.0 Å². The van der Waals surface area contributed by atoms with Gasteiger partial charge in [-0.2, -0.15) is 0 Å². The fraction of sp³-hybridized carbons (Fsp3) is 0.611. The van der Waals surface area contributed by atoms with Crippen LogP contribution < -0.4 is 10.6 Å². The van der Waals surface area contributed by atoms with Crippen molar-refractivity contribution in [2.75, 3.05) is 31.5 Å². The molecule has 1 aliphatic rings. The zero-order chi connectivity index (χ0) is 16.8. The molecule has 1 aromatic carbocycles. The van der Waals surface area contributed by atoms with Gasteiger partial charge in [0.1, 0.15) is 0 Å². The number of hydrogen-bond acceptors (Lipinski definition) is 3. The van der Waals surface area contributed by atoms with Crippen LogP contribution >= 0.6 is 15.9 Å². The Balaban J connectivity index is 1.70. The molecule has 3 unspecified atom stereocenters. The number of likely N-dealkylation sites (tertiary alicyclic amines) is 1. The molecule has 1 saturated heterocycles.